The van der Waals surface area contributed by atoms with Gasteiger partial charge >= 0.3 is 0 Å². The minimum absolute atomic E-state index is 0.188. The number of benzene rings is 1. The maximum absolute atomic E-state index is 13.0. The van der Waals surface area contributed by atoms with E-state index in [-0.39, 0.29) is 5.82 Å². The van der Waals surface area contributed by atoms with Crippen molar-refractivity contribution in [1.82, 2.24) is 5.32 Å². The molecule has 1 nitrogen and oxygen atoms in total. The molecule has 0 saturated carbocycles. The molecular weight excluding hydrogens is 277 g/mol. The van der Waals surface area contributed by atoms with E-state index in [9.17, 15) is 4.39 Å². The fourth-order valence-corrected chi connectivity index (χ4v) is 2.97. The summed E-state index contributed by atoms with van der Waals surface area (Å²) in [6.45, 7) is 2.31. The van der Waals surface area contributed by atoms with Crippen LogP contribution < -0.4 is 5.32 Å². The molecule has 1 aromatic rings. The smallest absolute Gasteiger partial charge is 0.137 e. The lowest BCUT2D eigenvalue weighted by Gasteiger charge is -2.26. The SMILES string of the molecule is Fc1ccc(CSCC2CNC2)cc1Br. The van der Waals surface area contributed by atoms with Gasteiger partial charge in [-0.05, 0) is 58.4 Å². The third-order valence-corrected chi connectivity index (χ3v) is 4.32. The molecule has 0 bridgehead atoms. The van der Waals surface area contributed by atoms with Crippen LogP contribution >= 0.6 is 27.7 Å². The van der Waals surface area contributed by atoms with Crippen molar-refractivity contribution in [2.75, 3.05) is 18.8 Å². The summed E-state index contributed by atoms with van der Waals surface area (Å²) in [4.78, 5) is 0. The van der Waals surface area contributed by atoms with Crippen LogP contribution in [-0.2, 0) is 5.75 Å². The fourth-order valence-electron chi connectivity index (χ4n) is 1.44. The van der Waals surface area contributed by atoms with E-state index < -0.39 is 0 Å². The Morgan fingerprint density at radius 3 is 2.87 bits per heavy atom. The highest BCUT2D eigenvalue weighted by molar-refractivity contribution is 9.10. The first-order valence-electron chi connectivity index (χ1n) is 4.98. The number of thioether (sulfide) groups is 1. The van der Waals surface area contributed by atoms with Gasteiger partial charge in [0.15, 0.2) is 0 Å². The maximum atomic E-state index is 13.0. The van der Waals surface area contributed by atoms with Crippen molar-refractivity contribution in [1.29, 1.82) is 0 Å². The molecule has 0 amide bonds. The summed E-state index contributed by atoms with van der Waals surface area (Å²) >= 11 is 5.12. The molecule has 0 spiro atoms. The highest BCUT2D eigenvalue weighted by Gasteiger charge is 2.15. The van der Waals surface area contributed by atoms with Crippen molar-refractivity contribution >= 4 is 27.7 Å². The zero-order valence-electron chi connectivity index (χ0n) is 8.30. The Bertz CT molecular complexity index is 341. The van der Waals surface area contributed by atoms with Gasteiger partial charge in [-0.1, -0.05) is 6.07 Å². The van der Waals surface area contributed by atoms with Crippen LogP contribution in [0.1, 0.15) is 5.56 Å². The topological polar surface area (TPSA) is 12.0 Å². The van der Waals surface area contributed by atoms with Crippen LogP contribution in [0.15, 0.2) is 22.7 Å². The van der Waals surface area contributed by atoms with Gasteiger partial charge in [0.2, 0.25) is 0 Å². The summed E-state index contributed by atoms with van der Waals surface area (Å²) in [7, 11) is 0. The number of nitrogens with one attached hydrogen (secondary N) is 1. The third kappa shape index (κ3) is 3.20. The van der Waals surface area contributed by atoms with E-state index in [0.717, 1.165) is 24.8 Å². The number of hydrogen-bond donors (Lipinski definition) is 1. The average molecular weight is 290 g/mol. The molecule has 1 N–H and O–H groups in total. The number of hydrogen-bond acceptors (Lipinski definition) is 2. The molecule has 15 heavy (non-hydrogen) atoms. The molecule has 0 unspecified atom stereocenters. The van der Waals surface area contributed by atoms with Crippen LogP contribution in [0.25, 0.3) is 0 Å². The molecule has 0 radical (unpaired) electrons. The molecule has 1 fully saturated rings. The summed E-state index contributed by atoms with van der Waals surface area (Å²) < 4.78 is 13.5. The van der Waals surface area contributed by atoms with Crippen LogP contribution in [0.4, 0.5) is 4.39 Å². The van der Waals surface area contributed by atoms with Crippen molar-refractivity contribution in [3.63, 3.8) is 0 Å². The van der Waals surface area contributed by atoms with Crippen LogP contribution in [0.5, 0.6) is 0 Å². The Morgan fingerprint density at radius 1 is 1.47 bits per heavy atom. The molecule has 4 heteroatoms. The van der Waals surface area contributed by atoms with Crippen molar-refractivity contribution < 1.29 is 4.39 Å². The van der Waals surface area contributed by atoms with Gasteiger partial charge in [-0.2, -0.15) is 11.8 Å². The molecule has 0 atom stereocenters. The highest BCUT2D eigenvalue weighted by atomic mass is 79.9. The molecular formula is C11H13BrFNS. The lowest BCUT2D eigenvalue weighted by molar-refractivity contribution is 0.385. The molecule has 2 rings (SSSR count). The molecule has 1 aliphatic heterocycles. The number of rotatable bonds is 4. The molecule has 0 aromatic heterocycles. The second-order valence-corrected chi connectivity index (χ2v) is 5.67. The molecule has 82 valence electrons. The van der Waals surface area contributed by atoms with E-state index >= 15 is 0 Å². The first kappa shape index (κ1) is 11.4. The molecule has 1 aliphatic rings. The normalized spacial score (nSPS) is 16.4. The second-order valence-electron chi connectivity index (χ2n) is 3.79. The molecule has 1 saturated heterocycles. The summed E-state index contributed by atoms with van der Waals surface area (Å²) in [6.07, 6.45) is 0. The van der Waals surface area contributed by atoms with Crippen LogP contribution in [-0.4, -0.2) is 18.8 Å². The Morgan fingerprint density at radius 2 is 2.27 bits per heavy atom. The van der Waals surface area contributed by atoms with Crippen LogP contribution in [0, 0.1) is 11.7 Å². The average Bonchev–Trinajstić information content (AvgIpc) is 2.15. The van der Waals surface area contributed by atoms with Gasteiger partial charge in [0.25, 0.3) is 0 Å². The van der Waals surface area contributed by atoms with Crippen molar-refractivity contribution in [2.45, 2.75) is 5.75 Å². The predicted octanol–water partition coefficient (Wildman–Crippen LogP) is 3.04. The van der Waals surface area contributed by atoms with Gasteiger partial charge in [0.05, 0.1) is 4.47 Å². The molecule has 1 heterocycles. The second kappa shape index (κ2) is 5.32. The van der Waals surface area contributed by atoms with Crippen LogP contribution in [0.2, 0.25) is 0 Å². The summed E-state index contributed by atoms with van der Waals surface area (Å²) in [6, 6.07) is 5.23. The maximum Gasteiger partial charge on any atom is 0.137 e. The standard InChI is InChI=1S/C11H13BrFNS/c12-10-3-8(1-2-11(10)13)6-15-7-9-4-14-5-9/h1-3,9,14H,4-7H2. The van der Waals surface area contributed by atoms with Crippen molar-refractivity contribution in [3.05, 3.63) is 34.1 Å². The van der Waals surface area contributed by atoms with E-state index in [1.54, 1.807) is 0 Å². The van der Waals surface area contributed by atoms with Gasteiger partial charge in [0.1, 0.15) is 5.82 Å². The van der Waals surface area contributed by atoms with E-state index in [4.69, 9.17) is 0 Å². The summed E-state index contributed by atoms with van der Waals surface area (Å²) in [5.41, 5.74) is 1.18. The Kier molecular flexibility index (Phi) is 4.05. The highest BCUT2D eigenvalue weighted by Crippen LogP contribution is 2.22. The largest absolute Gasteiger partial charge is 0.316 e. The first-order valence-corrected chi connectivity index (χ1v) is 6.93. The zero-order chi connectivity index (χ0) is 10.7. The number of halogens is 2. The first-order chi connectivity index (χ1) is 7.25. The van der Waals surface area contributed by atoms with Gasteiger partial charge < -0.3 is 5.32 Å². The van der Waals surface area contributed by atoms with Gasteiger partial charge in [0, 0.05) is 5.75 Å². The fraction of sp³-hybridized carbons (Fsp3) is 0.455. The minimum Gasteiger partial charge on any atom is -0.316 e. The lowest BCUT2D eigenvalue weighted by atomic mass is 10.1. The monoisotopic (exact) mass is 289 g/mol. The summed E-state index contributed by atoms with van der Waals surface area (Å²) in [5, 5.41) is 3.26. The van der Waals surface area contributed by atoms with E-state index in [2.05, 4.69) is 21.2 Å². The zero-order valence-corrected chi connectivity index (χ0v) is 10.7. The van der Waals surface area contributed by atoms with Gasteiger partial charge in [-0.3, -0.25) is 0 Å². The van der Waals surface area contributed by atoms with Gasteiger partial charge in [-0.25, -0.2) is 4.39 Å². The van der Waals surface area contributed by atoms with Crippen molar-refractivity contribution in [3.8, 4) is 0 Å². The Labute approximate surface area is 102 Å². The Balaban J connectivity index is 1.79. The summed E-state index contributed by atoms with van der Waals surface area (Å²) in [5.74, 6) is 2.81. The van der Waals surface area contributed by atoms with E-state index in [1.807, 2.05) is 23.9 Å². The Hall–Kier alpha value is -0.0600. The molecule has 0 aliphatic carbocycles. The van der Waals surface area contributed by atoms with Gasteiger partial charge in [-0.15, -0.1) is 0 Å². The van der Waals surface area contributed by atoms with Crippen molar-refractivity contribution in [2.24, 2.45) is 5.92 Å². The predicted molar refractivity (Wildman–Crippen MR) is 66.6 cm³/mol. The minimum atomic E-state index is -0.188. The van der Waals surface area contributed by atoms with E-state index in [1.165, 1.54) is 17.4 Å². The molecule has 1 aromatic carbocycles. The quantitative estimate of drug-likeness (QED) is 0.914. The van der Waals surface area contributed by atoms with Crippen LogP contribution in [0.3, 0.4) is 0 Å². The van der Waals surface area contributed by atoms with E-state index in [0.29, 0.717) is 4.47 Å². The lowest BCUT2D eigenvalue weighted by Crippen LogP contribution is -2.43. The third-order valence-electron chi connectivity index (χ3n) is 2.47.